The molecule has 0 spiro atoms. The molecule has 3 aromatic rings. The van der Waals surface area contributed by atoms with Crippen LogP contribution >= 0.6 is 0 Å². The molecule has 3 rings (SSSR count). The predicted octanol–water partition coefficient (Wildman–Crippen LogP) is 4.11. The number of hydrogen-bond acceptors (Lipinski definition) is 2. The van der Waals surface area contributed by atoms with E-state index in [1.807, 2.05) is 24.3 Å². The van der Waals surface area contributed by atoms with Crippen molar-refractivity contribution >= 4 is 27.6 Å². The van der Waals surface area contributed by atoms with Crippen molar-refractivity contribution in [1.82, 2.24) is 4.57 Å². The third-order valence-corrected chi connectivity index (χ3v) is 3.70. The number of nitrogens with zero attached hydrogens (tertiary/aromatic N) is 1. The maximum absolute atomic E-state index is 11.6. The van der Waals surface area contributed by atoms with Crippen LogP contribution in [-0.4, -0.2) is 15.5 Å². The molecule has 0 radical (unpaired) electrons. The van der Waals surface area contributed by atoms with Crippen molar-refractivity contribution in [2.75, 3.05) is 0 Å². The van der Waals surface area contributed by atoms with Gasteiger partial charge in [-0.25, -0.2) is 0 Å². The summed E-state index contributed by atoms with van der Waals surface area (Å²) in [5, 5.41) is 11.9. The largest absolute Gasteiger partial charge is 0.508 e. The highest BCUT2D eigenvalue weighted by Crippen LogP contribution is 2.32. The zero-order valence-corrected chi connectivity index (χ0v) is 11.7. The van der Waals surface area contributed by atoms with Gasteiger partial charge in [0, 0.05) is 34.5 Å². The van der Waals surface area contributed by atoms with E-state index in [1.165, 1.54) is 0 Å². The summed E-state index contributed by atoms with van der Waals surface area (Å²) in [6.45, 7) is 4.60. The van der Waals surface area contributed by atoms with E-state index in [9.17, 15) is 9.90 Å². The third kappa shape index (κ3) is 1.86. The number of Topliss-reactive ketones (excluding diaryl/α,β-unsaturated/α-hetero) is 1. The normalized spacial score (nSPS) is 11.3. The fourth-order valence-electron chi connectivity index (χ4n) is 2.77. The molecule has 0 amide bonds. The molecule has 0 fully saturated rings. The number of fused-ring (bicyclic) bond motifs is 3. The van der Waals surface area contributed by atoms with Gasteiger partial charge in [0.2, 0.25) is 0 Å². The van der Waals surface area contributed by atoms with E-state index in [0.29, 0.717) is 0 Å². The van der Waals surface area contributed by atoms with Crippen molar-refractivity contribution in [2.24, 2.45) is 0 Å². The lowest BCUT2D eigenvalue weighted by Gasteiger charge is -2.05. The topological polar surface area (TPSA) is 42.2 Å². The molecule has 0 saturated carbocycles. The van der Waals surface area contributed by atoms with E-state index in [1.54, 1.807) is 19.1 Å². The molecule has 0 unspecified atom stereocenters. The molecule has 1 N–H and O–H groups in total. The van der Waals surface area contributed by atoms with Crippen LogP contribution < -0.4 is 0 Å². The molecule has 0 aliphatic rings. The first-order valence-corrected chi connectivity index (χ1v) is 6.87. The molecule has 0 aliphatic carbocycles. The van der Waals surface area contributed by atoms with Gasteiger partial charge >= 0.3 is 0 Å². The van der Waals surface area contributed by atoms with Gasteiger partial charge in [0.05, 0.1) is 5.52 Å². The van der Waals surface area contributed by atoms with Gasteiger partial charge in [0.25, 0.3) is 0 Å². The van der Waals surface area contributed by atoms with Crippen molar-refractivity contribution in [3.8, 4) is 5.75 Å². The van der Waals surface area contributed by atoms with E-state index in [2.05, 4.69) is 11.5 Å². The summed E-state index contributed by atoms with van der Waals surface area (Å²) >= 11 is 0. The Morgan fingerprint density at radius 3 is 2.60 bits per heavy atom. The summed E-state index contributed by atoms with van der Waals surface area (Å²) in [6.07, 6.45) is 1.02. The summed E-state index contributed by atoms with van der Waals surface area (Å²) in [5.41, 5.74) is 2.85. The Balaban J connectivity index is 2.42. The first-order valence-electron chi connectivity index (χ1n) is 6.87. The zero-order chi connectivity index (χ0) is 14.3. The maximum atomic E-state index is 11.6. The summed E-state index contributed by atoms with van der Waals surface area (Å²) in [5.74, 6) is 0.339. The Hall–Kier alpha value is -2.29. The minimum absolute atomic E-state index is 0.0714. The standard InChI is InChI=1S/C17H17NO2/c1-3-8-18-16-7-4-12(11(2)19)9-15(16)14-6-5-13(20)10-17(14)18/h4-7,9-10,20H,3,8H2,1-2H3. The predicted molar refractivity (Wildman–Crippen MR) is 81.4 cm³/mol. The van der Waals surface area contributed by atoms with Gasteiger partial charge < -0.3 is 9.67 Å². The highest BCUT2D eigenvalue weighted by molar-refractivity contribution is 6.11. The Bertz CT molecular complexity index is 815. The van der Waals surface area contributed by atoms with Crippen LogP contribution in [0.2, 0.25) is 0 Å². The summed E-state index contributed by atoms with van der Waals surface area (Å²) in [6, 6.07) is 11.2. The summed E-state index contributed by atoms with van der Waals surface area (Å²) in [7, 11) is 0. The number of hydrogen-bond donors (Lipinski definition) is 1. The third-order valence-electron chi connectivity index (χ3n) is 3.70. The van der Waals surface area contributed by atoms with E-state index in [-0.39, 0.29) is 11.5 Å². The van der Waals surface area contributed by atoms with Crippen molar-refractivity contribution in [3.05, 3.63) is 42.0 Å². The average molecular weight is 267 g/mol. The number of aromatic nitrogens is 1. The van der Waals surface area contributed by atoms with Crippen molar-refractivity contribution in [3.63, 3.8) is 0 Å². The Kier molecular flexibility index (Phi) is 2.97. The monoisotopic (exact) mass is 267 g/mol. The molecule has 0 saturated heterocycles. The fourth-order valence-corrected chi connectivity index (χ4v) is 2.77. The van der Waals surface area contributed by atoms with Crippen LogP contribution in [0.5, 0.6) is 5.75 Å². The van der Waals surface area contributed by atoms with Gasteiger partial charge in [-0.15, -0.1) is 0 Å². The molecular formula is C17H17NO2. The number of carbonyl (C=O) groups is 1. The van der Waals surface area contributed by atoms with Gasteiger partial charge in [-0.1, -0.05) is 6.92 Å². The van der Waals surface area contributed by atoms with Gasteiger partial charge in [-0.2, -0.15) is 0 Å². The quantitative estimate of drug-likeness (QED) is 0.725. The molecule has 0 atom stereocenters. The van der Waals surface area contributed by atoms with Gasteiger partial charge in [0.1, 0.15) is 5.75 Å². The Labute approximate surface area is 117 Å². The second-order valence-electron chi connectivity index (χ2n) is 5.14. The molecule has 0 aliphatic heterocycles. The first-order chi connectivity index (χ1) is 9.61. The number of aromatic hydroxyl groups is 1. The van der Waals surface area contributed by atoms with Crippen LogP contribution in [0.15, 0.2) is 36.4 Å². The van der Waals surface area contributed by atoms with Crippen LogP contribution in [0.4, 0.5) is 0 Å². The second kappa shape index (κ2) is 4.67. The molecule has 3 heteroatoms. The molecule has 0 bridgehead atoms. The van der Waals surface area contributed by atoms with Crippen molar-refractivity contribution in [2.45, 2.75) is 26.8 Å². The molecule has 102 valence electrons. The highest BCUT2D eigenvalue weighted by Gasteiger charge is 2.12. The molecule has 2 aromatic carbocycles. The maximum Gasteiger partial charge on any atom is 0.159 e. The van der Waals surface area contributed by atoms with Gasteiger partial charge in [0.15, 0.2) is 5.78 Å². The number of phenols is 1. The summed E-state index contributed by atoms with van der Waals surface area (Å²) in [4.78, 5) is 11.6. The van der Waals surface area contributed by atoms with Crippen LogP contribution in [-0.2, 0) is 6.54 Å². The summed E-state index contributed by atoms with van der Waals surface area (Å²) < 4.78 is 2.20. The lowest BCUT2D eigenvalue weighted by atomic mass is 10.1. The highest BCUT2D eigenvalue weighted by atomic mass is 16.3. The van der Waals surface area contributed by atoms with Crippen LogP contribution in [0.1, 0.15) is 30.6 Å². The molecule has 20 heavy (non-hydrogen) atoms. The molecule has 1 aromatic heterocycles. The molecule has 1 heterocycles. The smallest absolute Gasteiger partial charge is 0.159 e. The number of aryl methyl sites for hydroxylation is 1. The first kappa shape index (κ1) is 12.7. The Morgan fingerprint density at radius 2 is 1.90 bits per heavy atom. The van der Waals surface area contributed by atoms with Gasteiger partial charge in [-0.05, 0) is 43.7 Å². The number of rotatable bonds is 3. The minimum atomic E-state index is 0.0714. The van der Waals surface area contributed by atoms with Crippen LogP contribution in [0.25, 0.3) is 21.8 Å². The SMILES string of the molecule is CCCn1c2ccc(C(C)=O)cc2c2ccc(O)cc21. The number of benzene rings is 2. The van der Waals surface area contributed by atoms with E-state index >= 15 is 0 Å². The van der Waals surface area contributed by atoms with E-state index in [4.69, 9.17) is 0 Å². The van der Waals surface area contributed by atoms with Crippen molar-refractivity contribution in [1.29, 1.82) is 0 Å². The second-order valence-corrected chi connectivity index (χ2v) is 5.14. The zero-order valence-electron chi connectivity index (χ0n) is 11.7. The number of phenolic OH excluding ortho intramolecular Hbond substituents is 1. The van der Waals surface area contributed by atoms with E-state index < -0.39 is 0 Å². The average Bonchev–Trinajstić information content (AvgIpc) is 2.72. The Morgan fingerprint density at radius 1 is 1.10 bits per heavy atom. The number of ketones is 1. The minimum Gasteiger partial charge on any atom is -0.508 e. The van der Waals surface area contributed by atoms with Crippen LogP contribution in [0.3, 0.4) is 0 Å². The van der Waals surface area contributed by atoms with Crippen molar-refractivity contribution < 1.29 is 9.90 Å². The fraction of sp³-hybridized carbons (Fsp3) is 0.235. The lowest BCUT2D eigenvalue weighted by Crippen LogP contribution is -1.96. The number of carbonyl (C=O) groups excluding carboxylic acids is 1. The molecule has 3 nitrogen and oxygen atoms in total. The van der Waals surface area contributed by atoms with E-state index in [0.717, 1.165) is 40.3 Å². The van der Waals surface area contributed by atoms with Gasteiger partial charge in [-0.3, -0.25) is 4.79 Å². The lowest BCUT2D eigenvalue weighted by molar-refractivity contribution is 0.101. The van der Waals surface area contributed by atoms with Crippen LogP contribution in [0, 0.1) is 0 Å². The molecular weight excluding hydrogens is 250 g/mol.